The fourth-order valence-electron chi connectivity index (χ4n) is 3.85. The largest absolute Gasteiger partial charge is 0.417 e. The maximum absolute atomic E-state index is 13.6. The summed E-state index contributed by atoms with van der Waals surface area (Å²) in [6, 6.07) is 6.25. The van der Waals surface area contributed by atoms with Gasteiger partial charge in [-0.05, 0) is 31.9 Å². The van der Waals surface area contributed by atoms with Crippen molar-refractivity contribution in [1.82, 2.24) is 15.1 Å². The lowest BCUT2D eigenvalue weighted by atomic mass is 10.0. The Morgan fingerprint density at radius 1 is 1.18 bits per heavy atom. The zero-order chi connectivity index (χ0) is 23.3. The number of anilines is 1. The maximum atomic E-state index is 13.6. The van der Waals surface area contributed by atoms with Crippen LogP contribution in [0.1, 0.15) is 49.8 Å². The first-order chi connectivity index (χ1) is 15.7. The number of benzene rings is 1. The van der Waals surface area contributed by atoms with Gasteiger partial charge in [-0.15, -0.1) is 0 Å². The summed E-state index contributed by atoms with van der Waals surface area (Å²) in [5.41, 5.74) is -0.147. The molecule has 3 heterocycles. The molecular weight excluding hydrogens is 457 g/mol. The minimum absolute atomic E-state index is 0.0125. The monoisotopic (exact) mass is 472 g/mol. The molecule has 0 bridgehead atoms. The lowest BCUT2D eigenvalue weighted by molar-refractivity contribution is -0.137. The number of aryl methyl sites for hydroxylation is 2. The molecular formula is C22H15F3N4O3S. The highest BCUT2D eigenvalue weighted by Gasteiger charge is 2.34. The van der Waals surface area contributed by atoms with E-state index in [4.69, 9.17) is 4.52 Å². The Morgan fingerprint density at radius 3 is 2.73 bits per heavy atom. The molecule has 0 unspecified atom stereocenters. The number of hydrogen-bond acceptors (Lipinski definition) is 7. The van der Waals surface area contributed by atoms with Crippen LogP contribution < -0.4 is 5.32 Å². The SMILES string of the molecule is Cc1noc2nc(-c3ccccc3C(F)(F)F)cc(C(=O)Nc3nc4c(s3)C(=O)CCC4)c12. The number of alkyl halides is 3. The van der Waals surface area contributed by atoms with Gasteiger partial charge in [-0.25, -0.2) is 9.97 Å². The Hall–Kier alpha value is -3.60. The third-order valence-corrected chi connectivity index (χ3v) is 6.41. The molecule has 3 aromatic heterocycles. The van der Waals surface area contributed by atoms with E-state index in [-0.39, 0.29) is 38.8 Å². The van der Waals surface area contributed by atoms with Crippen LogP contribution in [0.4, 0.5) is 18.3 Å². The summed E-state index contributed by atoms with van der Waals surface area (Å²) in [4.78, 5) is 34.3. The van der Waals surface area contributed by atoms with Crippen LogP contribution in [0.2, 0.25) is 0 Å². The van der Waals surface area contributed by atoms with E-state index < -0.39 is 17.6 Å². The summed E-state index contributed by atoms with van der Waals surface area (Å²) in [5.74, 6) is -0.626. The summed E-state index contributed by atoms with van der Waals surface area (Å²) in [7, 11) is 0. The van der Waals surface area contributed by atoms with Crippen LogP contribution in [0.5, 0.6) is 0 Å². The first kappa shape index (κ1) is 21.3. The van der Waals surface area contributed by atoms with Crippen molar-refractivity contribution < 1.29 is 27.3 Å². The summed E-state index contributed by atoms with van der Waals surface area (Å²) < 4.78 is 45.9. The Kier molecular flexibility index (Phi) is 5.00. The Morgan fingerprint density at radius 2 is 1.97 bits per heavy atom. The molecule has 0 aliphatic heterocycles. The van der Waals surface area contributed by atoms with Gasteiger partial charge in [0, 0.05) is 12.0 Å². The average Bonchev–Trinajstić information content (AvgIpc) is 3.36. The van der Waals surface area contributed by atoms with Crippen molar-refractivity contribution in [3.05, 3.63) is 57.7 Å². The maximum Gasteiger partial charge on any atom is 0.417 e. The topological polar surface area (TPSA) is 98.0 Å². The molecule has 5 rings (SSSR count). The van der Waals surface area contributed by atoms with E-state index in [0.29, 0.717) is 35.5 Å². The summed E-state index contributed by atoms with van der Waals surface area (Å²) in [6.45, 7) is 1.61. The molecule has 1 amide bonds. The summed E-state index contributed by atoms with van der Waals surface area (Å²) in [5, 5.41) is 7.02. The van der Waals surface area contributed by atoms with E-state index in [0.717, 1.165) is 17.4 Å². The molecule has 1 aromatic carbocycles. The van der Waals surface area contributed by atoms with Gasteiger partial charge < -0.3 is 4.52 Å². The van der Waals surface area contributed by atoms with Gasteiger partial charge in [0.2, 0.25) is 0 Å². The predicted octanol–water partition coefficient (Wildman–Crippen LogP) is 5.44. The number of halogens is 3. The molecule has 1 aliphatic carbocycles. The quantitative estimate of drug-likeness (QED) is 0.426. The normalized spacial score (nSPS) is 13.9. The van der Waals surface area contributed by atoms with Crippen LogP contribution >= 0.6 is 11.3 Å². The Labute approximate surface area is 188 Å². The number of fused-ring (bicyclic) bond motifs is 2. The lowest BCUT2D eigenvalue weighted by Gasteiger charge is -2.13. The minimum Gasteiger partial charge on any atom is -0.335 e. The molecule has 7 nitrogen and oxygen atoms in total. The van der Waals surface area contributed by atoms with Crippen molar-refractivity contribution in [2.75, 3.05) is 5.32 Å². The van der Waals surface area contributed by atoms with E-state index in [2.05, 4.69) is 20.4 Å². The minimum atomic E-state index is -4.61. The first-order valence-electron chi connectivity index (χ1n) is 10.00. The number of carbonyl (C=O) groups excluding carboxylic acids is 2. The number of amides is 1. The van der Waals surface area contributed by atoms with E-state index in [1.807, 2.05) is 0 Å². The first-order valence-corrected chi connectivity index (χ1v) is 10.8. The third-order valence-electron chi connectivity index (χ3n) is 5.36. The molecule has 0 saturated heterocycles. The van der Waals surface area contributed by atoms with Crippen molar-refractivity contribution in [3.8, 4) is 11.3 Å². The summed E-state index contributed by atoms with van der Waals surface area (Å²) in [6.07, 6.45) is -2.82. The van der Waals surface area contributed by atoms with Crippen molar-refractivity contribution in [1.29, 1.82) is 0 Å². The molecule has 33 heavy (non-hydrogen) atoms. The van der Waals surface area contributed by atoms with Gasteiger partial charge in [-0.1, -0.05) is 34.7 Å². The van der Waals surface area contributed by atoms with Crippen molar-refractivity contribution in [3.63, 3.8) is 0 Å². The van der Waals surface area contributed by atoms with Gasteiger partial charge in [-0.2, -0.15) is 13.2 Å². The van der Waals surface area contributed by atoms with E-state index >= 15 is 0 Å². The molecule has 168 valence electrons. The molecule has 0 atom stereocenters. The number of thiazole rings is 1. The second-order valence-electron chi connectivity index (χ2n) is 7.57. The van der Waals surface area contributed by atoms with Crippen LogP contribution in [-0.4, -0.2) is 26.8 Å². The Balaban J connectivity index is 1.60. The third kappa shape index (κ3) is 3.78. The zero-order valence-corrected chi connectivity index (χ0v) is 17.9. The number of aromatic nitrogens is 3. The van der Waals surface area contributed by atoms with Gasteiger partial charge in [-0.3, -0.25) is 14.9 Å². The number of rotatable bonds is 3. The van der Waals surface area contributed by atoms with Gasteiger partial charge >= 0.3 is 6.18 Å². The molecule has 4 aromatic rings. The molecule has 0 radical (unpaired) electrons. The lowest BCUT2D eigenvalue weighted by Crippen LogP contribution is -2.13. The highest BCUT2D eigenvalue weighted by atomic mass is 32.1. The van der Waals surface area contributed by atoms with Gasteiger partial charge in [0.25, 0.3) is 11.6 Å². The molecule has 0 spiro atoms. The highest BCUT2D eigenvalue weighted by molar-refractivity contribution is 7.17. The van der Waals surface area contributed by atoms with Crippen LogP contribution in [0, 0.1) is 6.92 Å². The summed E-state index contributed by atoms with van der Waals surface area (Å²) >= 11 is 1.09. The zero-order valence-electron chi connectivity index (χ0n) is 17.1. The van der Waals surface area contributed by atoms with Crippen LogP contribution in [0.3, 0.4) is 0 Å². The number of pyridine rings is 1. The molecule has 0 fully saturated rings. The molecule has 1 N–H and O–H groups in total. The average molecular weight is 472 g/mol. The smallest absolute Gasteiger partial charge is 0.335 e. The van der Waals surface area contributed by atoms with Gasteiger partial charge in [0.1, 0.15) is 0 Å². The number of ketones is 1. The van der Waals surface area contributed by atoms with Crippen molar-refractivity contribution in [2.24, 2.45) is 0 Å². The molecule has 11 heteroatoms. The van der Waals surface area contributed by atoms with E-state index in [9.17, 15) is 22.8 Å². The fraction of sp³-hybridized carbons (Fsp3) is 0.227. The number of hydrogen-bond donors (Lipinski definition) is 1. The highest BCUT2D eigenvalue weighted by Crippen LogP contribution is 2.38. The molecule has 1 aliphatic rings. The second-order valence-corrected chi connectivity index (χ2v) is 8.57. The number of nitrogens with one attached hydrogen (secondary N) is 1. The second kappa shape index (κ2) is 7.77. The Bertz CT molecular complexity index is 1420. The fourth-order valence-corrected chi connectivity index (χ4v) is 4.83. The van der Waals surface area contributed by atoms with Gasteiger partial charge in [0.05, 0.1) is 38.5 Å². The van der Waals surface area contributed by atoms with Crippen molar-refractivity contribution in [2.45, 2.75) is 32.4 Å². The van der Waals surface area contributed by atoms with E-state index in [1.165, 1.54) is 24.3 Å². The molecule has 0 saturated carbocycles. The van der Waals surface area contributed by atoms with Gasteiger partial charge in [0.15, 0.2) is 10.9 Å². The number of Topliss-reactive ketones (excluding diaryl/α,β-unsaturated/α-hetero) is 1. The predicted molar refractivity (Wildman–Crippen MR) is 114 cm³/mol. The number of carbonyl (C=O) groups is 2. The van der Waals surface area contributed by atoms with Crippen LogP contribution in [-0.2, 0) is 12.6 Å². The number of nitrogens with zero attached hydrogens (tertiary/aromatic N) is 3. The van der Waals surface area contributed by atoms with Crippen LogP contribution in [0.25, 0.3) is 22.4 Å². The van der Waals surface area contributed by atoms with Crippen molar-refractivity contribution >= 4 is 39.3 Å². The standard InChI is InChI=1S/C22H15F3N4O3S/c1-10-17-12(19(31)28-21-27-14-7-4-8-16(30)18(14)33-21)9-15(26-20(17)32-29-10)11-5-2-3-6-13(11)22(23,24)25/h2-3,5-6,9H,4,7-8H2,1H3,(H,27,28,31). The van der Waals surface area contributed by atoms with Crippen LogP contribution in [0.15, 0.2) is 34.9 Å². The van der Waals surface area contributed by atoms with E-state index in [1.54, 1.807) is 6.92 Å².